The lowest BCUT2D eigenvalue weighted by atomic mass is 9.82. The van der Waals surface area contributed by atoms with Crippen LogP contribution in [0.2, 0.25) is 0 Å². The lowest BCUT2D eigenvalue weighted by Gasteiger charge is -2.21. The smallest absolute Gasteiger partial charge is 0.166 e. The topological polar surface area (TPSA) is 48.5 Å². The van der Waals surface area contributed by atoms with Gasteiger partial charge in [0.25, 0.3) is 0 Å². The minimum atomic E-state index is -0.133. The monoisotopic (exact) mass is 983 g/mol. The third-order valence-corrected chi connectivity index (χ3v) is 16.0. The summed E-state index contributed by atoms with van der Waals surface area (Å²) in [6.07, 6.45) is 0. The van der Waals surface area contributed by atoms with Crippen LogP contribution in [0.25, 0.3) is 134 Å². The SMILES string of the molecule is CC1(C)c2ccccc2-c2cc(-c3nc(-c4ccc(-c5ccccc5)cc4)nc(-c4ccc(-c5ccccc5)cc4-n4c5ccccc5c5c(-c6cccc7c6c6ccccc6n7-c6ccccc6)cccc54)n3)ccc21. The Morgan fingerprint density at radius 2 is 0.740 bits per heavy atom. The van der Waals surface area contributed by atoms with Crippen LogP contribution in [0.4, 0.5) is 0 Å². The predicted molar refractivity (Wildman–Crippen MR) is 319 cm³/mol. The molecule has 0 N–H and O–H groups in total. The van der Waals surface area contributed by atoms with Gasteiger partial charge in [-0.15, -0.1) is 0 Å². The molecule has 5 nitrogen and oxygen atoms in total. The Hall–Kier alpha value is -9.97. The number of hydrogen-bond donors (Lipinski definition) is 0. The molecule has 362 valence electrons. The van der Waals surface area contributed by atoms with Gasteiger partial charge in [-0.3, -0.25) is 0 Å². The molecular formula is C72H49N5. The number of para-hydroxylation sites is 3. The summed E-state index contributed by atoms with van der Waals surface area (Å²) in [6, 6.07) is 93.9. The number of nitrogens with zero attached hydrogens (tertiary/aromatic N) is 5. The van der Waals surface area contributed by atoms with Gasteiger partial charge in [0.15, 0.2) is 17.5 Å². The van der Waals surface area contributed by atoms with E-state index in [0.717, 1.165) is 66.7 Å². The molecular weight excluding hydrogens is 935 g/mol. The van der Waals surface area contributed by atoms with Crippen molar-refractivity contribution in [2.24, 2.45) is 0 Å². The highest BCUT2D eigenvalue weighted by Crippen LogP contribution is 2.50. The predicted octanol–water partition coefficient (Wildman–Crippen LogP) is 18.4. The van der Waals surface area contributed by atoms with E-state index >= 15 is 0 Å². The van der Waals surface area contributed by atoms with Gasteiger partial charge in [0.1, 0.15) is 0 Å². The van der Waals surface area contributed by atoms with Crippen molar-refractivity contribution in [2.75, 3.05) is 0 Å². The largest absolute Gasteiger partial charge is 0.309 e. The van der Waals surface area contributed by atoms with E-state index in [4.69, 9.17) is 15.0 Å². The molecule has 0 radical (unpaired) electrons. The molecule has 3 heterocycles. The van der Waals surface area contributed by atoms with Gasteiger partial charge >= 0.3 is 0 Å². The van der Waals surface area contributed by atoms with Gasteiger partial charge in [0.05, 0.1) is 27.8 Å². The van der Waals surface area contributed by atoms with Crippen LogP contribution >= 0.6 is 0 Å². The Bertz CT molecular complexity index is 4630. The van der Waals surface area contributed by atoms with Crippen LogP contribution in [-0.2, 0) is 5.41 Å². The van der Waals surface area contributed by atoms with E-state index < -0.39 is 0 Å². The van der Waals surface area contributed by atoms with Gasteiger partial charge in [-0.25, -0.2) is 15.0 Å². The molecule has 1 aliphatic rings. The number of hydrogen-bond acceptors (Lipinski definition) is 3. The molecule has 0 saturated heterocycles. The van der Waals surface area contributed by atoms with Gasteiger partial charge in [-0.1, -0.05) is 220 Å². The summed E-state index contributed by atoms with van der Waals surface area (Å²) in [5.41, 5.74) is 21.2. The molecule has 0 unspecified atom stereocenters. The van der Waals surface area contributed by atoms with E-state index in [1.807, 2.05) is 0 Å². The standard InChI is InChI=1S/C72H49N5/c1-72(2)60-31-15-12-26-53(60)59-44-51(41-43-61(59)72)70-73-69(49-38-36-48(37-39-49)46-20-6-3-7-21-46)74-71(75-70)58-42-40-50(47-22-8-4-9-23-47)45-66(58)77-63-33-17-14-28-57(63)68-55(30-19-35-65(68)77)54-29-18-34-64-67(54)56-27-13-16-32-62(56)76(64)52-24-10-5-11-25-52/h3-45H,1-2H3. The van der Waals surface area contributed by atoms with Crippen LogP contribution in [0.5, 0.6) is 0 Å². The van der Waals surface area contributed by atoms with Crippen LogP contribution in [0.3, 0.4) is 0 Å². The average Bonchev–Trinajstić information content (AvgIpc) is 4.22. The molecule has 0 bridgehead atoms. The molecule has 0 fully saturated rings. The van der Waals surface area contributed by atoms with Crippen molar-refractivity contribution in [3.8, 4) is 90.0 Å². The summed E-state index contributed by atoms with van der Waals surface area (Å²) < 4.78 is 4.84. The maximum absolute atomic E-state index is 5.53. The van der Waals surface area contributed by atoms with Crippen LogP contribution in [0.1, 0.15) is 25.0 Å². The van der Waals surface area contributed by atoms with E-state index in [0.29, 0.717) is 17.5 Å². The quantitative estimate of drug-likeness (QED) is 0.152. The normalized spacial score (nSPS) is 12.6. The lowest BCUT2D eigenvalue weighted by Crippen LogP contribution is -2.14. The Morgan fingerprint density at radius 1 is 0.286 bits per heavy atom. The zero-order valence-corrected chi connectivity index (χ0v) is 42.6. The van der Waals surface area contributed by atoms with Crippen LogP contribution in [0, 0.1) is 0 Å². The minimum absolute atomic E-state index is 0.133. The highest BCUT2D eigenvalue weighted by atomic mass is 15.1. The van der Waals surface area contributed by atoms with Gasteiger partial charge in [0, 0.05) is 49.3 Å². The van der Waals surface area contributed by atoms with E-state index in [1.54, 1.807) is 0 Å². The van der Waals surface area contributed by atoms with Crippen LogP contribution < -0.4 is 0 Å². The number of fused-ring (bicyclic) bond motifs is 9. The first-order valence-corrected chi connectivity index (χ1v) is 26.4. The molecule has 0 atom stereocenters. The maximum atomic E-state index is 5.53. The Balaban J connectivity index is 0.982. The van der Waals surface area contributed by atoms with E-state index in [1.165, 1.54) is 60.6 Å². The summed E-state index contributed by atoms with van der Waals surface area (Å²) in [6.45, 7) is 4.64. The Labute approximate surface area is 446 Å². The minimum Gasteiger partial charge on any atom is -0.309 e. The fourth-order valence-electron chi connectivity index (χ4n) is 12.4. The molecule has 1 aliphatic carbocycles. The first-order valence-electron chi connectivity index (χ1n) is 26.4. The molecule has 3 aromatic heterocycles. The molecule has 0 saturated carbocycles. The number of rotatable bonds is 8. The molecule has 14 aromatic rings. The lowest BCUT2D eigenvalue weighted by molar-refractivity contribution is 0.660. The zero-order valence-electron chi connectivity index (χ0n) is 42.6. The maximum Gasteiger partial charge on any atom is 0.166 e. The second kappa shape index (κ2) is 17.6. The third kappa shape index (κ3) is 7.12. The van der Waals surface area contributed by atoms with Crippen molar-refractivity contribution in [1.82, 2.24) is 24.1 Å². The fraction of sp³-hybridized carbons (Fsp3) is 0.0417. The Kier molecular flexibility index (Phi) is 10.2. The molecule has 0 aliphatic heterocycles. The van der Waals surface area contributed by atoms with Crippen LogP contribution in [0.15, 0.2) is 261 Å². The van der Waals surface area contributed by atoms with Gasteiger partial charge in [0.2, 0.25) is 0 Å². The summed E-state index contributed by atoms with van der Waals surface area (Å²) >= 11 is 0. The van der Waals surface area contributed by atoms with E-state index in [9.17, 15) is 0 Å². The molecule has 5 heteroatoms. The molecule has 11 aromatic carbocycles. The molecule has 0 spiro atoms. The Morgan fingerprint density at radius 3 is 1.42 bits per heavy atom. The van der Waals surface area contributed by atoms with Crippen molar-refractivity contribution in [2.45, 2.75) is 19.3 Å². The van der Waals surface area contributed by atoms with E-state index in [2.05, 4.69) is 284 Å². The first kappa shape index (κ1) is 44.5. The highest BCUT2D eigenvalue weighted by molar-refractivity contribution is 6.22. The first-order chi connectivity index (χ1) is 38.0. The molecule has 15 rings (SSSR count). The van der Waals surface area contributed by atoms with Crippen molar-refractivity contribution in [3.63, 3.8) is 0 Å². The van der Waals surface area contributed by atoms with Gasteiger partial charge in [-0.2, -0.15) is 0 Å². The molecule has 77 heavy (non-hydrogen) atoms. The second-order valence-electron chi connectivity index (χ2n) is 20.7. The summed E-state index contributed by atoms with van der Waals surface area (Å²) in [4.78, 5) is 16.4. The summed E-state index contributed by atoms with van der Waals surface area (Å²) in [5, 5.41) is 4.78. The van der Waals surface area contributed by atoms with Crippen molar-refractivity contribution >= 4 is 43.6 Å². The zero-order chi connectivity index (χ0) is 51.2. The number of aromatic nitrogens is 5. The van der Waals surface area contributed by atoms with Crippen molar-refractivity contribution < 1.29 is 0 Å². The third-order valence-electron chi connectivity index (χ3n) is 16.0. The van der Waals surface area contributed by atoms with Crippen molar-refractivity contribution in [3.05, 3.63) is 272 Å². The highest BCUT2D eigenvalue weighted by Gasteiger charge is 2.35. The van der Waals surface area contributed by atoms with Crippen molar-refractivity contribution in [1.29, 1.82) is 0 Å². The van der Waals surface area contributed by atoms with Gasteiger partial charge < -0.3 is 9.13 Å². The van der Waals surface area contributed by atoms with Crippen LogP contribution in [-0.4, -0.2) is 24.1 Å². The van der Waals surface area contributed by atoms with Gasteiger partial charge in [-0.05, 0) is 110 Å². The molecule has 0 amide bonds. The van der Waals surface area contributed by atoms with E-state index in [-0.39, 0.29) is 5.41 Å². The number of benzene rings is 11. The average molecular weight is 984 g/mol. The fourth-order valence-corrected chi connectivity index (χ4v) is 12.4. The summed E-state index contributed by atoms with van der Waals surface area (Å²) in [5.74, 6) is 1.82. The summed E-state index contributed by atoms with van der Waals surface area (Å²) in [7, 11) is 0. The second-order valence-corrected chi connectivity index (χ2v) is 20.7.